The largest absolute Gasteiger partial charge is 0.508 e. The van der Waals surface area contributed by atoms with Gasteiger partial charge in [-0.3, -0.25) is 4.79 Å². The van der Waals surface area contributed by atoms with Gasteiger partial charge >= 0.3 is 0 Å². The van der Waals surface area contributed by atoms with Crippen LogP contribution in [-0.4, -0.2) is 30.2 Å². The summed E-state index contributed by atoms with van der Waals surface area (Å²) < 4.78 is 10.1. The highest BCUT2D eigenvalue weighted by molar-refractivity contribution is 6.06. The number of carbonyl (C=O) groups excluding carboxylic acids is 1. The predicted molar refractivity (Wildman–Crippen MR) is 82.7 cm³/mol. The minimum atomic E-state index is -0.203. The predicted octanol–water partition coefficient (Wildman–Crippen LogP) is 3.01. The number of rotatable bonds is 5. The fourth-order valence-electron chi connectivity index (χ4n) is 1.90. The molecule has 0 saturated heterocycles. The molecule has 5 heteroatoms. The second-order valence-electron chi connectivity index (χ2n) is 4.52. The summed E-state index contributed by atoms with van der Waals surface area (Å²) in [6.07, 6.45) is 3.00. The Balaban J connectivity index is 2.26. The zero-order valence-corrected chi connectivity index (χ0v) is 12.2. The van der Waals surface area contributed by atoms with E-state index in [1.165, 1.54) is 32.4 Å². The average molecular weight is 300 g/mol. The van der Waals surface area contributed by atoms with Gasteiger partial charge in [-0.05, 0) is 48.0 Å². The molecule has 0 bridgehead atoms. The number of phenolic OH excluding ortho intramolecular Hbond substituents is 2. The number of allylic oxidation sites excluding steroid dienone is 1. The normalized spacial score (nSPS) is 10.6. The lowest BCUT2D eigenvalue weighted by Crippen LogP contribution is -1.94. The van der Waals surface area contributed by atoms with E-state index in [0.717, 1.165) is 0 Å². The van der Waals surface area contributed by atoms with Gasteiger partial charge in [0.1, 0.15) is 5.75 Å². The molecule has 0 aliphatic carbocycles. The Morgan fingerprint density at radius 1 is 1.00 bits per heavy atom. The SMILES string of the molecule is COc1cc(/C=C\C(=O)c2ccc(O)cc2)cc(OC)c1O. The van der Waals surface area contributed by atoms with Gasteiger partial charge in [-0.25, -0.2) is 0 Å². The maximum atomic E-state index is 12.0. The average Bonchev–Trinajstić information content (AvgIpc) is 2.54. The summed E-state index contributed by atoms with van der Waals surface area (Å²) in [4.78, 5) is 12.0. The van der Waals surface area contributed by atoms with E-state index in [-0.39, 0.29) is 28.8 Å². The van der Waals surface area contributed by atoms with Gasteiger partial charge in [0.2, 0.25) is 5.75 Å². The van der Waals surface area contributed by atoms with Gasteiger partial charge in [0.25, 0.3) is 0 Å². The van der Waals surface area contributed by atoms with E-state index in [1.54, 1.807) is 30.3 Å². The molecule has 0 aliphatic rings. The third-order valence-corrected chi connectivity index (χ3v) is 3.08. The molecule has 0 aromatic heterocycles. The Morgan fingerprint density at radius 3 is 2.05 bits per heavy atom. The number of hydrogen-bond acceptors (Lipinski definition) is 5. The van der Waals surface area contributed by atoms with Crippen molar-refractivity contribution in [2.45, 2.75) is 0 Å². The lowest BCUT2D eigenvalue weighted by atomic mass is 10.1. The second kappa shape index (κ2) is 6.67. The highest BCUT2D eigenvalue weighted by atomic mass is 16.5. The molecule has 0 atom stereocenters. The summed E-state index contributed by atoms with van der Waals surface area (Å²) in [6, 6.07) is 9.18. The molecule has 0 spiro atoms. The fraction of sp³-hybridized carbons (Fsp3) is 0.118. The van der Waals surface area contributed by atoms with Crippen LogP contribution in [0.2, 0.25) is 0 Å². The van der Waals surface area contributed by atoms with Crippen LogP contribution in [0, 0.1) is 0 Å². The standard InChI is InChI=1S/C17H16O5/c1-21-15-9-11(10-16(22-2)17(15)20)3-8-14(19)12-4-6-13(18)7-5-12/h3-10,18,20H,1-2H3/b8-3-. The minimum absolute atomic E-state index is 0.0907. The van der Waals surface area contributed by atoms with E-state index in [0.29, 0.717) is 11.1 Å². The highest BCUT2D eigenvalue weighted by Crippen LogP contribution is 2.37. The molecule has 0 fully saturated rings. The molecule has 0 heterocycles. The number of ether oxygens (including phenoxy) is 2. The molecule has 0 aliphatic heterocycles. The molecular formula is C17H16O5. The number of carbonyl (C=O) groups is 1. The van der Waals surface area contributed by atoms with Crippen LogP contribution in [0.1, 0.15) is 15.9 Å². The molecule has 2 aromatic rings. The molecule has 2 N–H and O–H groups in total. The van der Waals surface area contributed by atoms with Gasteiger partial charge in [-0.15, -0.1) is 0 Å². The molecule has 0 saturated carbocycles. The van der Waals surface area contributed by atoms with E-state index in [9.17, 15) is 15.0 Å². The summed E-state index contributed by atoms with van der Waals surface area (Å²) in [5.41, 5.74) is 1.12. The number of ketones is 1. The van der Waals surface area contributed by atoms with Crippen LogP contribution in [0.4, 0.5) is 0 Å². The van der Waals surface area contributed by atoms with Crippen LogP contribution in [0.15, 0.2) is 42.5 Å². The quantitative estimate of drug-likeness (QED) is 0.655. The molecule has 114 valence electrons. The van der Waals surface area contributed by atoms with Crippen molar-refractivity contribution in [3.63, 3.8) is 0 Å². The third kappa shape index (κ3) is 3.38. The lowest BCUT2D eigenvalue weighted by Gasteiger charge is -2.09. The number of benzene rings is 2. The van der Waals surface area contributed by atoms with Gasteiger partial charge in [0.05, 0.1) is 14.2 Å². The van der Waals surface area contributed by atoms with Crippen molar-refractivity contribution < 1.29 is 24.5 Å². The van der Waals surface area contributed by atoms with Gasteiger partial charge in [-0.2, -0.15) is 0 Å². The monoisotopic (exact) mass is 300 g/mol. The van der Waals surface area contributed by atoms with Crippen molar-refractivity contribution in [1.82, 2.24) is 0 Å². The summed E-state index contributed by atoms with van der Waals surface area (Å²) >= 11 is 0. The number of phenols is 2. The second-order valence-corrected chi connectivity index (χ2v) is 4.52. The van der Waals surface area contributed by atoms with E-state index < -0.39 is 0 Å². The van der Waals surface area contributed by atoms with Gasteiger partial charge < -0.3 is 19.7 Å². The van der Waals surface area contributed by atoms with E-state index in [2.05, 4.69) is 0 Å². The summed E-state index contributed by atoms with van der Waals surface area (Å²) in [6.45, 7) is 0. The van der Waals surface area contributed by atoms with Crippen molar-refractivity contribution in [1.29, 1.82) is 0 Å². The summed E-state index contributed by atoms with van der Waals surface area (Å²) in [5.74, 6) is 0.332. The minimum Gasteiger partial charge on any atom is -0.508 e. The van der Waals surface area contributed by atoms with Gasteiger partial charge in [-0.1, -0.05) is 6.08 Å². The first kappa shape index (κ1) is 15.4. The third-order valence-electron chi connectivity index (χ3n) is 3.08. The smallest absolute Gasteiger partial charge is 0.200 e. The maximum absolute atomic E-state index is 12.0. The number of methoxy groups -OCH3 is 2. The number of aromatic hydroxyl groups is 2. The van der Waals surface area contributed by atoms with E-state index in [1.807, 2.05) is 0 Å². The van der Waals surface area contributed by atoms with E-state index >= 15 is 0 Å². The Labute approximate surface area is 128 Å². The molecule has 2 aromatic carbocycles. The summed E-state index contributed by atoms with van der Waals surface area (Å²) in [5, 5.41) is 19.0. The van der Waals surface area contributed by atoms with Crippen LogP contribution in [0.25, 0.3) is 6.08 Å². The topological polar surface area (TPSA) is 76.0 Å². The zero-order chi connectivity index (χ0) is 16.1. The molecule has 0 radical (unpaired) electrons. The number of hydrogen-bond donors (Lipinski definition) is 2. The van der Waals surface area contributed by atoms with E-state index in [4.69, 9.17) is 9.47 Å². The Bertz CT molecular complexity index is 676. The van der Waals surface area contributed by atoms with Crippen molar-refractivity contribution in [2.75, 3.05) is 14.2 Å². The Hall–Kier alpha value is -2.95. The molecule has 2 rings (SSSR count). The molecule has 5 nitrogen and oxygen atoms in total. The summed E-state index contributed by atoms with van der Waals surface area (Å²) in [7, 11) is 2.87. The Kier molecular flexibility index (Phi) is 4.68. The highest BCUT2D eigenvalue weighted by Gasteiger charge is 2.10. The molecule has 22 heavy (non-hydrogen) atoms. The van der Waals surface area contributed by atoms with Crippen LogP contribution >= 0.6 is 0 Å². The molecule has 0 amide bonds. The van der Waals surface area contributed by atoms with Crippen LogP contribution in [-0.2, 0) is 0 Å². The Morgan fingerprint density at radius 2 is 1.55 bits per heavy atom. The first-order valence-corrected chi connectivity index (χ1v) is 6.51. The molecular weight excluding hydrogens is 284 g/mol. The van der Waals surface area contributed by atoms with Crippen molar-refractivity contribution in [3.8, 4) is 23.0 Å². The molecule has 0 unspecified atom stereocenters. The van der Waals surface area contributed by atoms with Gasteiger partial charge in [0.15, 0.2) is 17.3 Å². The first-order chi connectivity index (χ1) is 10.5. The zero-order valence-electron chi connectivity index (χ0n) is 12.2. The van der Waals surface area contributed by atoms with Crippen molar-refractivity contribution in [2.24, 2.45) is 0 Å². The maximum Gasteiger partial charge on any atom is 0.200 e. The van der Waals surface area contributed by atoms with Crippen molar-refractivity contribution >= 4 is 11.9 Å². The van der Waals surface area contributed by atoms with Crippen LogP contribution in [0.3, 0.4) is 0 Å². The fourth-order valence-corrected chi connectivity index (χ4v) is 1.90. The lowest BCUT2D eigenvalue weighted by molar-refractivity contribution is 0.104. The van der Waals surface area contributed by atoms with Crippen molar-refractivity contribution in [3.05, 3.63) is 53.6 Å². The van der Waals surface area contributed by atoms with Crippen LogP contribution < -0.4 is 9.47 Å². The van der Waals surface area contributed by atoms with Crippen LogP contribution in [0.5, 0.6) is 23.0 Å². The van der Waals surface area contributed by atoms with Gasteiger partial charge in [0, 0.05) is 5.56 Å². The first-order valence-electron chi connectivity index (χ1n) is 6.51.